The second kappa shape index (κ2) is 21.8. The molecule has 0 bridgehead atoms. The summed E-state index contributed by atoms with van der Waals surface area (Å²) >= 11 is 16.3. The van der Waals surface area contributed by atoms with Crippen LogP contribution < -0.4 is 5.32 Å². The minimum Gasteiger partial charge on any atom is -0.444 e. The number of nitrogens with one attached hydrogen (secondary N) is 1. The average Bonchev–Trinajstić information content (AvgIpc) is 3.51. The SMILES string of the molecule is CC(C)(C)OC(=O)N1CCC(C2c3ccc(Cl)cc3C=C(Br)c3cccnc32)CC1.CC(C)(C)OC(=O)N1CCC(C2c3ccc(Cl)cc3C=Cc3cccnc32)CC1.CN1CCNCC1. The van der Waals surface area contributed by atoms with Crippen LogP contribution in [0.2, 0.25) is 10.0 Å². The Morgan fingerprint density at radius 1 is 0.652 bits per heavy atom. The maximum atomic E-state index is 12.5. The third kappa shape index (κ3) is 12.8. The highest BCUT2D eigenvalue weighted by Gasteiger charge is 2.37. The first-order valence-electron chi connectivity index (χ1n) is 23.3. The molecule has 1 N–H and O–H groups in total. The normalized spacial score (nSPS) is 20.0. The quantitative estimate of drug-likeness (QED) is 0.212. The molecule has 2 aromatic heterocycles. The molecule has 352 valence electrons. The van der Waals surface area contributed by atoms with Gasteiger partial charge < -0.3 is 29.5 Å². The highest BCUT2D eigenvalue weighted by atomic mass is 79.9. The largest absolute Gasteiger partial charge is 0.444 e. The molecule has 0 radical (unpaired) electrons. The second-order valence-corrected chi connectivity index (χ2v) is 21.6. The van der Waals surface area contributed by atoms with E-state index < -0.39 is 11.2 Å². The zero-order chi connectivity index (χ0) is 47.2. The first-order chi connectivity index (χ1) is 31.4. The molecule has 2 atom stereocenters. The van der Waals surface area contributed by atoms with Crippen LogP contribution in [0.5, 0.6) is 0 Å². The molecule has 9 rings (SSSR count). The second-order valence-electron chi connectivity index (χ2n) is 19.9. The number of pyridine rings is 2. The molecule has 3 saturated heterocycles. The van der Waals surface area contributed by atoms with Gasteiger partial charge in [0.15, 0.2) is 0 Å². The number of piperidine rings is 2. The van der Waals surface area contributed by atoms with Gasteiger partial charge in [0.05, 0.1) is 11.4 Å². The van der Waals surface area contributed by atoms with E-state index in [1.54, 1.807) is 0 Å². The number of hydrogen-bond donors (Lipinski definition) is 1. The van der Waals surface area contributed by atoms with Crippen molar-refractivity contribution in [3.63, 3.8) is 0 Å². The lowest BCUT2D eigenvalue weighted by atomic mass is 9.76. The predicted molar refractivity (Wildman–Crippen MR) is 272 cm³/mol. The van der Waals surface area contributed by atoms with Crippen molar-refractivity contribution in [2.75, 3.05) is 59.4 Å². The fourth-order valence-corrected chi connectivity index (χ4v) is 10.5. The number of fused-ring (bicyclic) bond motifs is 4. The third-order valence-corrected chi connectivity index (χ3v) is 13.8. The summed E-state index contributed by atoms with van der Waals surface area (Å²) in [6, 6.07) is 20.4. The monoisotopic (exact) mass is 998 g/mol. The number of halogens is 3. The smallest absolute Gasteiger partial charge is 0.410 e. The van der Waals surface area contributed by atoms with Crippen molar-refractivity contribution in [3.05, 3.63) is 128 Å². The summed E-state index contributed by atoms with van der Waals surface area (Å²) in [5, 5.41) is 4.74. The lowest BCUT2D eigenvalue weighted by Crippen LogP contribution is -2.42. The van der Waals surface area contributed by atoms with E-state index >= 15 is 0 Å². The molecule has 2 amide bonds. The Hall–Kier alpha value is -4.26. The Morgan fingerprint density at radius 3 is 1.64 bits per heavy atom. The molecular weight excluding hydrogens is 935 g/mol. The number of likely N-dealkylation sites (N-methyl/N-ethyl adjacent to an activating group) is 1. The van der Waals surface area contributed by atoms with Crippen LogP contribution in [-0.4, -0.2) is 107 Å². The average molecular weight is 1000 g/mol. The van der Waals surface area contributed by atoms with Crippen LogP contribution in [0.25, 0.3) is 22.7 Å². The minimum atomic E-state index is -0.478. The highest BCUT2D eigenvalue weighted by Crippen LogP contribution is 2.46. The van der Waals surface area contributed by atoms with E-state index in [1.807, 2.05) is 100 Å². The van der Waals surface area contributed by atoms with Crippen LogP contribution in [0.4, 0.5) is 9.59 Å². The summed E-state index contributed by atoms with van der Waals surface area (Å²) in [7, 11) is 2.15. The van der Waals surface area contributed by atoms with Gasteiger partial charge >= 0.3 is 12.2 Å². The molecule has 3 fully saturated rings. The summed E-state index contributed by atoms with van der Waals surface area (Å²) < 4.78 is 12.1. The van der Waals surface area contributed by atoms with Gasteiger partial charge in [0.25, 0.3) is 0 Å². The van der Waals surface area contributed by atoms with Gasteiger partial charge in [-0.25, -0.2) is 9.59 Å². The number of ether oxygens (including phenoxy) is 2. The Bertz CT molecular complexity index is 2390. The zero-order valence-corrected chi connectivity index (χ0v) is 42.6. The third-order valence-electron chi connectivity index (χ3n) is 12.7. The first kappa shape index (κ1) is 49.6. The summed E-state index contributed by atoms with van der Waals surface area (Å²) in [4.78, 5) is 40.5. The molecule has 0 saturated carbocycles. The number of carbonyl (C=O) groups excluding carboxylic acids is 2. The van der Waals surface area contributed by atoms with Crippen LogP contribution in [0.1, 0.15) is 124 Å². The molecule has 3 aliphatic heterocycles. The van der Waals surface area contributed by atoms with E-state index in [0.29, 0.717) is 38.0 Å². The number of benzene rings is 2. The molecule has 5 heterocycles. The van der Waals surface area contributed by atoms with Gasteiger partial charge in [-0.2, -0.15) is 0 Å². The molecular formula is C53H65BrCl2N6O4. The van der Waals surface area contributed by atoms with Crippen molar-refractivity contribution < 1.29 is 19.1 Å². The van der Waals surface area contributed by atoms with Crippen molar-refractivity contribution in [1.82, 2.24) is 30.0 Å². The van der Waals surface area contributed by atoms with Crippen LogP contribution in [-0.2, 0) is 9.47 Å². The predicted octanol–water partition coefficient (Wildman–Crippen LogP) is 12.2. The Kier molecular flexibility index (Phi) is 16.4. The van der Waals surface area contributed by atoms with Crippen LogP contribution in [0.15, 0.2) is 73.1 Å². The van der Waals surface area contributed by atoms with Gasteiger partial charge in [-0.15, -0.1) is 0 Å². The molecule has 13 heteroatoms. The summed E-state index contributed by atoms with van der Waals surface area (Å²) in [5.74, 6) is 1.13. The zero-order valence-electron chi connectivity index (χ0n) is 39.5. The lowest BCUT2D eigenvalue weighted by molar-refractivity contribution is 0.0167. The number of amides is 2. The Morgan fingerprint density at radius 2 is 1.12 bits per heavy atom. The van der Waals surface area contributed by atoms with Crippen molar-refractivity contribution in [1.29, 1.82) is 0 Å². The van der Waals surface area contributed by atoms with E-state index in [4.69, 9.17) is 42.6 Å². The minimum absolute atomic E-state index is 0.153. The van der Waals surface area contributed by atoms with E-state index in [-0.39, 0.29) is 24.0 Å². The number of aromatic nitrogens is 2. The Labute approximate surface area is 410 Å². The molecule has 10 nitrogen and oxygen atoms in total. The number of piperazine rings is 1. The number of likely N-dealkylation sites (tertiary alicyclic amines) is 2. The molecule has 66 heavy (non-hydrogen) atoms. The number of carbonyl (C=O) groups is 2. The van der Waals surface area contributed by atoms with E-state index in [0.717, 1.165) is 86.9 Å². The standard InChI is InChI=1S/C24H26BrClN2O2.C24H27ClN2O2.C5H12N2/c1-24(2,3)30-23(29)28-11-8-15(9-12-28)21-18-7-6-17(26)13-16(18)14-20(25)19-5-4-10-27-22(19)21;1-24(2,3)29-23(28)27-13-10-16(11-14-27)21-20-9-8-19(25)15-18(20)7-6-17-5-4-12-26-22(17)21;1-7-4-2-6-3-5-7/h4-7,10,13-15,21H,8-9,11-12H2,1-3H3;4-9,12,15-16,21H,10-11,13-14H2,1-3H3;6H,2-5H2,1H3. The number of hydrogen-bond acceptors (Lipinski definition) is 8. The van der Waals surface area contributed by atoms with Crippen molar-refractivity contribution >= 4 is 74.0 Å². The van der Waals surface area contributed by atoms with E-state index in [1.165, 1.54) is 24.2 Å². The van der Waals surface area contributed by atoms with Crippen LogP contribution >= 0.6 is 39.1 Å². The van der Waals surface area contributed by atoms with Gasteiger partial charge in [0.1, 0.15) is 11.2 Å². The molecule has 5 aliphatic rings. The fraction of sp³-hybridized carbons (Fsp3) is 0.472. The number of rotatable bonds is 2. The molecule has 0 spiro atoms. The van der Waals surface area contributed by atoms with Crippen molar-refractivity contribution in [3.8, 4) is 0 Å². The lowest BCUT2D eigenvalue weighted by Gasteiger charge is -2.37. The summed E-state index contributed by atoms with van der Waals surface area (Å²) in [6.07, 6.45) is 13.3. The van der Waals surface area contributed by atoms with Gasteiger partial charge in [-0.05, 0) is 156 Å². The van der Waals surface area contributed by atoms with Crippen molar-refractivity contribution in [2.24, 2.45) is 11.8 Å². The van der Waals surface area contributed by atoms with E-state index in [2.05, 4.69) is 75.7 Å². The molecule has 2 aromatic carbocycles. The molecule has 4 aromatic rings. The maximum Gasteiger partial charge on any atom is 0.410 e. The van der Waals surface area contributed by atoms with Gasteiger partial charge in [-0.1, -0.05) is 75.5 Å². The van der Waals surface area contributed by atoms with Gasteiger partial charge in [-0.3, -0.25) is 9.97 Å². The highest BCUT2D eigenvalue weighted by molar-refractivity contribution is 9.15. The van der Waals surface area contributed by atoms with Gasteiger partial charge in [0, 0.05) is 96.7 Å². The first-order valence-corrected chi connectivity index (χ1v) is 24.9. The number of nitrogens with zero attached hydrogens (tertiary/aromatic N) is 5. The topological polar surface area (TPSA) is 100 Å². The maximum absolute atomic E-state index is 12.5. The molecule has 2 aliphatic carbocycles. The Balaban J connectivity index is 0.000000171. The van der Waals surface area contributed by atoms with Crippen LogP contribution in [0.3, 0.4) is 0 Å². The van der Waals surface area contributed by atoms with Crippen molar-refractivity contribution in [2.45, 2.75) is 90.3 Å². The fourth-order valence-electron chi connectivity index (χ4n) is 9.53. The molecule has 2 unspecified atom stereocenters. The van der Waals surface area contributed by atoms with Gasteiger partial charge in [0.2, 0.25) is 0 Å². The van der Waals surface area contributed by atoms with Crippen LogP contribution in [0, 0.1) is 11.8 Å². The van der Waals surface area contributed by atoms with E-state index in [9.17, 15) is 9.59 Å². The summed E-state index contributed by atoms with van der Waals surface area (Å²) in [5.41, 5.74) is 8.28. The summed E-state index contributed by atoms with van der Waals surface area (Å²) in [6.45, 7) is 18.9.